The smallest absolute Gasteiger partial charge is 0.0713 e. The van der Waals surface area contributed by atoms with E-state index in [1.54, 1.807) is 7.11 Å². The number of hydrogen-bond donors (Lipinski definition) is 1. The molecule has 0 radical (unpaired) electrons. The first kappa shape index (κ1) is 15.5. The van der Waals surface area contributed by atoms with Crippen LogP contribution in [0, 0.1) is 0 Å². The van der Waals surface area contributed by atoms with Gasteiger partial charge in [0, 0.05) is 26.2 Å². The summed E-state index contributed by atoms with van der Waals surface area (Å²) in [6.45, 7) is 7.59. The van der Waals surface area contributed by atoms with E-state index in [1.807, 2.05) is 0 Å². The lowest BCUT2D eigenvalue weighted by Crippen LogP contribution is -2.42. The Balaban J connectivity index is 1.69. The summed E-state index contributed by atoms with van der Waals surface area (Å²) in [4.78, 5) is 2.61. The van der Waals surface area contributed by atoms with Crippen molar-refractivity contribution in [3.8, 4) is 0 Å². The molecule has 2 rings (SSSR count). The van der Waals surface area contributed by atoms with Crippen LogP contribution in [0.15, 0.2) is 24.3 Å². The van der Waals surface area contributed by atoms with Crippen LogP contribution in [-0.4, -0.2) is 37.7 Å². The molecular weight excluding hydrogens is 248 g/mol. The Hall–Kier alpha value is -0.900. The number of hydrogen-bond acceptors (Lipinski definition) is 3. The summed E-state index contributed by atoms with van der Waals surface area (Å²) in [5, 5.41) is 3.58. The van der Waals surface area contributed by atoms with Crippen LogP contribution in [0.25, 0.3) is 0 Å². The molecule has 20 heavy (non-hydrogen) atoms. The van der Waals surface area contributed by atoms with Crippen LogP contribution in [0.1, 0.15) is 37.3 Å². The SMILES string of the molecule is COCc1ccc(CNCC(C)N2CCCCC2)cc1. The number of methoxy groups -OCH3 is 1. The number of piperidine rings is 1. The van der Waals surface area contributed by atoms with Crippen LogP contribution in [-0.2, 0) is 17.9 Å². The number of nitrogens with one attached hydrogen (secondary N) is 1. The van der Waals surface area contributed by atoms with Crippen LogP contribution in [0.5, 0.6) is 0 Å². The zero-order chi connectivity index (χ0) is 14.2. The molecule has 1 unspecified atom stereocenters. The fourth-order valence-corrected chi connectivity index (χ4v) is 2.83. The normalized spacial score (nSPS) is 18.1. The molecule has 1 N–H and O–H groups in total. The predicted molar refractivity (Wildman–Crippen MR) is 83.7 cm³/mol. The average molecular weight is 276 g/mol. The number of nitrogens with zero attached hydrogens (tertiary/aromatic N) is 1. The van der Waals surface area contributed by atoms with Gasteiger partial charge in [0.1, 0.15) is 0 Å². The topological polar surface area (TPSA) is 24.5 Å². The summed E-state index contributed by atoms with van der Waals surface area (Å²) >= 11 is 0. The van der Waals surface area contributed by atoms with Crippen molar-refractivity contribution in [3.63, 3.8) is 0 Å². The molecule has 1 atom stereocenters. The molecule has 1 aromatic rings. The van der Waals surface area contributed by atoms with E-state index in [2.05, 4.69) is 41.4 Å². The first-order valence-electron chi connectivity index (χ1n) is 7.81. The van der Waals surface area contributed by atoms with Crippen LogP contribution in [0.2, 0.25) is 0 Å². The highest BCUT2D eigenvalue weighted by molar-refractivity contribution is 5.21. The average Bonchev–Trinajstić information content (AvgIpc) is 2.50. The Morgan fingerprint density at radius 1 is 1.10 bits per heavy atom. The van der Waals surface area contributed by atoms with Crippen molar-refractivity contribution in [2.24, 2.45) is 0 Å². The molecular formula is C17H28N2O. The maximum Gasteiger partial charge on any atom is 0.0713 e. The molecule has 0 aromatic heterocycles. The highest BCUT2D eigenvalue weighted by Gasteiger charge is 2.15. The summed E-state index contributed by atoms with van der Waals surface area (Å²) in [6, 6.07) is 9.31. The van der Waals surface area contributed by atoms with Gasteiger partial charge in [0.05, 0.1) is 6.61 Å². The third-order valence-corrected chi connectivity index (χ3v) is 4.12. The van der Waals surface area contributed by atoms with E-state index in [0.717, 1.165) is 13.1 Å². The zero-order valence-electron chi connectivity index (χ0n) is 12.9. The van der Waals surface area contributed by atoms with Crippen molar-refractivity contribution < 1.29 is 4.74 Å². The molecule has 3 heteroatoms. The zero-order valence-corrected chi connectivity index (χ0v) is 12.9. The van der Waals surface area contributed by atoms with Crippen molar-refractivity contribution in [1.29, 1.82) is 0 Å². The van der Waals surface area contributed by atoms with Crippen molar-refractivity contribution in [2.45, 2.75) is 45.4 Å². The summed E-state index contributed by atoms with van der Waals surface area (Å²) in [5.74, 6) is 0. The largest absolute Gasteiger partial charge is 0.380 e. The Morgan fingerprint density at radius 3 is 2.40 bits per heavy atom. The van der Waals surface area contributed by atoms with Gasteiger partial charge in [0.2, 0.25) is 0 Å². The summed E-state index contributed by atoms with van der Waals surface area (Å²) in [5.41, 5.74) is 2.58. The fourth-order valence-electron chi connectivity index (χ4n) is 2.83. The molecule has 1 aliphatic rings. The molecule has 1 heterocycles. The summed E-state index contributed by atoms with van der Waals surface area (Å²) in [7, 11) is 1.73. The minimum absolute atomic E-state index is 0.642. The van der Waals surface area contributed by atoms with Crippen molar-refractivity contribution >= 4 is 0 Å². The van der Waals surface area contributed by atoms with Gasteiger partial charge >= 0.3 is 0 Å². The third-order valence-electron chi connectivity index (χ3n) is 4.12. The van der Waals surface area contributed by atoms with Crippen LogP contribution in [0.3, 0.4) is 0 Å². The van der Waals surface area contributed by atoms with Gasteiger partial charge in [0.25, 0.3) is 0 Å². The first-order valence-corrected chi connectivity index (χ1v) is 7.81. The van der Waals surface area contributed by atoms with Gasteiger partial charge in [-0.05, 0) is 44.0 Å². The maximum atomic E-state index is 5.13. The van der Waals surface area contributed by atoms with Crippen molar-refractivity contribution in [2.75, 3.05) is 26.7 Å². The highest BCUT2D eigenvalue weighted by atomic mass is 16.5. The predicted octanol–water partition coefficient (Wildman–Crippen LogP) is 2.80. The van der Waals surface area contributed by atoms with Gasteiger partial charge < -0.3 is 10.1 Å². The van der Waals surface area contributed by atoms with Gasteiger partial charge in [-0.1, -0.05) is 30.7 Å². The van der Waals surface area contributed by atoms with Gasteiger partial charge in [-0.15, -0.1) is 0 Å². The van der Waals surface area contributed by atoms with Gasteiger partial charge in [-0.2, -0.15) is 0 Å². The van der Waals surface area contributed by atoms with Gasteiger partial charge in [-0.3, -0.25) is 4.90 Å². The highest BCUT2D eigenvalue weighted by Crippen LogP contribution is 2.11. The number of benzene rings is 1. The Kier molecular flexibility index (Phi) is 6.51. The first-order chi connectivity index (χ1) is 9.79. The Labute approximate surface area is 123 Å². The second-order valence-corrected chi connectivity index (χ2v) is 5.83. The van der Waals surface area contributed by atoms with Crippen LogP contribution < -0.4 is 5.32 Å². The lowest BCUT2D eigenvalue weighted by atomic mass is 10.1. The molecule has 0 spiro atoms. The minimum Gasteiger partial charge on any atom is -0.380 e. The molecule has 3 nitrogen and oxygen atoms in total. The van der Waals surface area contributed by atoms with Gasteiger partial charge in [0.15, 0.2) is 0 Å². The lowest BCUT2D eigenvalue weighted by molar-refractivity contribution is 0.170. The van der Waals surface area contributed by atoms with E-state index in [0.29, 0.717) is 12.6 Å². The number of rotatable bonds is 7. The van der Waals surface area contributed by atoms with E-state index in [1.165, 1.54) is 43.5 Å². The standard InChI is InChI=1S/C17H28N2O/c1-15(19-10-4-3-5-11-19)12-18-13-16-6-8-17(9-7-16)14-20-2/h6-9,15,18H,3-5,10-14H2,1-2H3. The molecule has 0 aliphatic carbocycles. The molecule has 112 valence electrons. The summed E-state index contributed by atoms with van der Waals surface area (Å²) in [6.07, 6.45) is 4.14. The van der Waals surface area contributed by atoms with Crippen LogP contribution >= 0.6 is 0 Å². The third kappa shape index (κ3) is 4.89. The Bertz CT molecular complexity index is 371. The maximum absolute atomic E-state index is 5.13. The monoisotopic (exact) mass is 276 g/mol. The summed E-state index contributed by atoms with van der Waals surface area (Å²) < 4.78 is 5.13. The van der Waals surface area contributed by atoms with E-state index in [9.17, 15) is 0 Å². The van der Waals surface area contributed by atoms with E-state index in [-0.39, 0.29) is 0 Å². The molecule has 0 saturated carbocycles. The Morgan fingerprint density at radius 2 is 1.75 bits per heavy atom. The number of ether oxygens (including phenoxy) is 1. The van der Waals surface area contributed by atoms with E-state index < -0.39 is 0 Å². The van der Waals surface area contributed by atoms with Crippen molar-refractivity contribution in [1.82, 2.24) is 10.2 Å². The second kappa shape index (κ2) is 8.40. The van der Waals surface area contributed by atoms with E-state index in [4.69, 9.17) is 4.74 Å². The fraction of sp³-hybridized carbons (Fsp3) is 0.647. The number of likely N-dealkylation sites (tertiary alicyclic amines) is 1. The van der Waals surface area contributed by atoms with Gasteiger partial charge in [-0.25, -0.2) is 0 Å². The molecule has 0 amide bonds. The van der Waals surface area contributed by atoms with Crippen molar-refractivity contribution in [3.05, 3.63) is 35.4 Å². The quantitative estimate of drug-likeness (QED) is 0.829. The molecule has 0 bridgehead atoms. The molecule has 1 aromatic carbocycles. The van der Waals surface area contributed by atoms with Crippen LogP contribution in [0.4, 0.5) is 0 Å². The molecule has 1 fully saturated rings. The van der Waals surface area contributed by atoms with E-state index >= 15 is 0 Å². The minimum atomic E-state index is 0.642. The molecule has 1 saturated heterocycles. The second-order valence-electron chi connectivity index (χ2n) is 5.83. The molecule has 1 aliphatic heterocycles. The lowest BCUT2D eigenvalue weighted by Gasteiger charge is -2.32.